The monoisotopic (exact) mass is 531 g/mol. The Morgan fingerprint density at radius 3 is 2.16 bits per heavy atom. The number of hydrogen-bond donors (Lipinski definition) is 2. The van der Waals surface area contributed by atoms with Gasteiger partial charge in [-0.05, 0) is 56.2 Å². The summed E-state index contributed by atoms with van der Waals surface area (Å²) in [6, 6.07) is 11.0. The third-order valence-electron chi connectivity index (χ3n) is 6.07. The number of carbonyl (C=O) groups is 3. The molecule has 1 unspecified atom stereocenters. The van der Waals surface area contributed by atoms with Crippen LogP contribution in [-0.4, -0.2) is 62.9 Å². The lowest BCUT2D eigenvalue weighted by Crippen LogP contribution is -2.41. The molecule has 2 N–H and O–H groups in total. The van der Waals surface area contributed by atoms with Crippen LogP contribution < -0.4 is 20.1 Å². The van der Waals surface area contributed by atoms with E-state index in [2.05, 4.69) is 10.6 Å². The maximum absolute atomic E-state index is 13.1. The zero-order valence-corrected chi connectivity index (χ0v) is 21.4. The van der Waals surface area contributed by atoms with Gasteiger partial charge in [-0.2, -0.15) is 4.31 Å². The fourth-order valence-electron chi connectivity index (χ4n) is 4.07. The third kappa shape index (κ3) is 6.38. The van der Waals surface area contributed by atoms with Gasteiger partial charge in [-0.1, -0.05) is 0 Å². The predicted molar refractivity (Wildman–Crippen MR) is 134 cm³/mol. The fraction of sp³-hybridized carbons (Fsp3) is 0.400. The van der Waals surface area contributed by atoms with E-state index in [0.717, 1.165) is 0 Å². The van der Waals surface area contributed by atoms with Crippen molar-refractivity contribution in [3.63, 3.8) is 0 Å². The highest BCUT2D eigenvalue weighted by Gasteiger charge is 2.34. The first-order chi connectivity index (χ1) is 17.6. The summed E-state index contributed by atoms with van der Waals surface area (Å²) in [6.45, 7) is 3.94. The van der Waals surface area contributed by atoms with E-state index in [1.54, 1.807) is 30.3 Å². The molecule has 1 fully saturated rings. The van der Waals surface area contributed by atoms with Gasteiger partial charge in [0.2, 0.25) is 15.9 Å². The number of anilines is 2. The van der Waals surface area contributed by atoms with E-state index in [-0.39, 0.29) is 36.7 Å². The minimum absolute atomic E-state index is 0.105. The molecule has 4 rings (SSSR count). The second kappa shape index (κ2) is 11.2. The van der Waals surface area contributed by atoms with Crippen molar-refractivity contribution < 1.29 is 37.0 Å². The Kier molecular flexibility index (Phi) is 7.98. The number of fused-ring (bicyclic) bond motifs is 1. The van der Waals surface area contributed by atoms with E-state index < -0.39 is 33.9 Å². The van der Waals surface area contributed by atoms with Gasteiger partial charge in [0, 0.05) is 37.5 Å². The molecule has 1 saturated heterocycles. The smallest absolute Gasteiger partial charge is 0.309 e. The van der Waals surface area contributed by atoms with Crippen molar-refractivity contribution in [3.05, 3.63) is 42.5 Å². The van der Waals surface area contributed by atoms with Gasteiger partial charge in [0.15, 0.2) is 17.6 Å². The second-order valence-corrected chi connectivity index (χ2v) is 10.7. The lowest BCUT2D eigenvalue weighted by atomic mass is 9.98. The average Bonchev–Trinajstić information content (AvgIpc) is 2.89. The lowest BCUT2D eigenvalue weighted by molar-refractivity contribution is -0.158. The fourth-order valence-corrected chi connectivity index (χ4v) is 5.56. The molecule has 12 heteroatoms. The third-order valence-corrected chi connectivity index (χ3v) is 7.97. The SMILES string of the molecule is CC(=O)Nc1ccc(NC(=O)C(C)OC(=O)C2CCN(S(=O)(=O)c3ccc4c(c3)OCCO4)CC2)cc1. The Bertz CT molecular complexity index is 1270. The minimum atomic E-state index is -3.77. The van der Waals surface area contributed by atoms with Crippen LogP contribution in [-0.2, 0) is 29.1 Å². The molecule has 0 saturated carbocycles. The average molecular weight is 532 g/mol. The molecular formula is C25H29N3O8S. The van der Waals surface area contributed by atoms with Crippen molar-refractivity contribution in [1.82, 2.24) is 4.31 Å². The number of nitrogens with zero attached hydrogens (tertiary/aromatic N) is 1. The Morgan fingerprint density at radius 2 is 1.54 bits per heavy atom. The van der Waals surface area contributed by atoms with Gasteiger partial charge in [-0.3, -0.25) is 14.4 Å². The number of carbonyl (C=O) groups excluding carboxylic acids is 3. The molecule has 0 spiro atoms. The van der Waals surface area contributed by atoms with Crippen molar-refractivity contribution in [3.8, 4) is 11.5 Å². The summed E-state index contributed by atoms with van der Waals surface area (Å²) < 4.78 is 43.8. The van der Waals surface area contributed by atoms with E-state index in [0.29, 0.717) is 36.1 Å². The van der Waals surface area contributed by atoms with Crippen LogP contribution in [0.3, 0.4) is 0 Å². The van der Waals surface area contributed by atoms with Gasteiger partial charge in [-0.25, -0.2) is 8.42 Å². The molecular weight excluding hydrogens is 502 g/mol. The normalized spacial score (nSPS) is 16.9. The molecule has 2 aliphatic rings. The van der Waals surface area contributed by atoms with Gasteiger partial charge in [0.1, 0.15) is 13.2 Å². The lowest BCUT2D eigenvalue weighted by Gasteiger charge is -2.30. The van der Waals surface area contributed by atoms with E-state index in [1.165, 1.54) is 30.3 Å². The molecule has 2 aromatic carbocycles. The van der Waals surface area contributed by atoms with Crippen LogP contribution in [0.15, 0.2) is 47.4 Å². The molecule has 1 atom stereocenters. The molecule has 2 aromatic rings. The first kappa shape index (κ1) is 26.4. The number of ether oxygens (including phenoxy) is 3. The highest BCUT2D eigenvalue weighted by Crippen LogP contribution is 2.34. The summed E-state index contributed by atoms with van der Waals surface area (Å²) in [5.74, 6) is -0.865. The van der Waals surface area contributed by atoms with Crippen molar-refractivity contribution in [2.75, 3.05) is 36.9 Å². The number of benzene rings is 2. The van der Waals surface area contributed by atoms with Crippen LogP contribution in [0.1, 0.15) is 26.7 Å². The number of amides is 2. The molecule has 0 radical (unpaired) electrons. The van der Waals surface area contributed by atoms with E-state index in [9.17, 15) is 22.8 Å². The van der Waals surface area contributed by atoms with Gasteiger partial charge in [-0.15, -0.1) is 0 Å². The van der Waals surface area contributed by atoms with Crippen LogP contribution in [0.5, 0.6) is 11.5 Å². The summed E-state index contributed by atoms with van der Waals surface area (Å²) in [5, 5.41) is 5.29. The molecule has 0 bridgehead atoms. The predicted octanol–water partition coefficient (Wildman–Crippen LogP) is 2.39. The Balaban J connectivity index is 1.28. The summed E-state index contributed by atoms with van der Waals surface area (Å²) in [7, 11) is -3.77. The first-order valence-electron chi connectivity index (χ1n) is 11.9. The zero-order valence-electron chi connectivity index (χ0n) is 20.6. The second-order valence-electron chi connectivity index (χ2n) is 8.81. The largest absolute Gasteiger partial charge is 0.486 e. The van der Waals surface area contributed by atoms with Crippen molar-refractivity contribution in [2.24, 2.45) is 5.92 Å². The van der Waals surface area contributed by atoms with Crippen molar-refractivity contribution >= 4 is 39.2 Å². The molecule has 2 amide bonds. The van der Waals surface area contributed by atoms with Crippen LogP contribution >= 0.6 is 0 Å². The Labute approximate surface area is 215 Å². The molecule has 2 heterocycles. The summed E-state index contributed by atoms with van der Waals surface area (Å²) in [4.78, 5) is 36.3. The van der Waals surface area contributed by atoms with Gasteiger partial charge in [0.25, 0.3) is 5.91 Å². The number of nitrogens with one attached hydrogen (secondary N) is 2. The molecule has 11 nitrogen and oxygen atoms in total. The number of esters is 1. The first-order valence-corrected chi connectivity index (χ1v) is 13.4. The molecule has 0 aromatic heterocycles. The highest BCUT2D eigenvalue weighted by molar-refractivity contribution is 7.89. The Hall–Kier alpha value is -3.64. The van der Waals surface area contributed by atoms with Crippen LogP contribution in [0.25, 0.3) is 0 Å². The van der Waals surface area contributed by atoms with Crippen LogP contribution in [0, 0.1) is 5.92 Å². The zero-order chi connectivity index (χ0) is 26.6. The number of hydrogen-bond acceptors (Lipinski definition) is 8. The van der Waals surface area contributed by atoms with Gasteiger partial charge >= 0.3 is 5.97 Å². The van der Waals surface area contributed by atoms with Gasteiger partial charge in [0.05, 0.1) is 10.8 Å². The molecule has 198 valence electrons. The van der Waals surface area contributed by atoms with E-state index in [4.69, 9.17) is 14.2 Å². The number of piperidine rings is 1. The summed E-state index contributed by atoms with van der Waals surface area (Å²) in [6.07, 6.45) is -0.481. The van der Waals surface area contributed by atoms with Crippen molar-refractivity contribution in [2.45, 2.75) is 37.7 Å². The molecule has 0 aliphatic carbocycles. The van der Waals surface area contributed by atoms with Crippen LogP contribution in [0.2, 0.25) is 0 Å². The molecule has 2 aliphatic heterocycles. The maximum atomic E-state index is 13.1. The van der Waals surface area contributed by atoms with Crippen LogP contribution in [0.4, 0.5) is 11.4 Å². The summed E-state index contributed by atoms with van der Waals surface area (Å²) >= 11 is 0. The summed E-state index contributed by atoms with van der Waals surface area (Å²) in [5.41, 5.74) is 1.08. The minimum Gasteiger partial charge on any atom is -0.486 e. The van der Waals surface area contributed by atoms with Crippen molar-refractivity contribution in [1.29, 1.82) is 0 Å². The highest BCUT2D eigenvalue weighted by atomic mass is 32.2. The molecule has 37 heavy (non-hydrogen) atoms. The van der Waals surface area contributed by atoms with E-state index >= 15 is 0 Å². The number of sulfonamides is 1. The quantitative estimate of drug-likeness (QED) is 0.519. The topological polar surface area (TPSA) is 140 Å². The van der Waals surface area contributed by atoms with E-state index in [1.807, 2.05) is 0 Å². The van der Waals surface area contributed by atoms with Gasteiger partial charge < -0.3 is 24.8 Å². The Morgan fingerprint density at radius 1 is 0.946 bits per heavy atom. The maximum Gasteiger partial charge on any atom is 0.309 e. The standard InChI is InChI=1S/C25H29N3O8S/c1-16(24(30)27-20-5-3-19(4-6-20)26-17(2)29)36-25(31)18-9-11-28(12-10-18)37(32,33)21-7-8-22-23(15-21)35-14-13-34-22/h3-8,15-16,18H,9-14H2,1-2H3,(H,26,29)(H,27,30). The number of rotatable bonds is 7.